The zero-order valence-electron chi connectivity index (χ0n) is 27.2. The molecular formula is C46H26N4O. The van der Waals surface area contributed by atoms with Crippen LogP contribution in [-0.4, -0.2) is 14.0 Å². The van der Waals surface area contributed by atoms with E-state index in [-0.39, 0.29) is 0 Å². The molecule has 0 amide bonds. The molecule has 5 heteroatoms. The van der Waals surface area contributed by atoms with Crippen LogP contribution in [0.1, 0.15) is 5.56 Å². The highest BCUT2D eigenvalue weighted by Gasteiger charge is 2.20. The molecule has 0 spiro atoms. The van der Waals surface area contributed by atoms with Gasteiger partial charge < -0.3 is 8.98 Å². The van der Waals surface area contributed by atoms with E-state index >= 15 is 0 Å². The van der Waals surface area contributed by atoms with Crippen molar-refractivity contribution >= 4 is 71.2 Å². The number of pyridine rings is 1. The molecule has 5 nitrogen and oxygen atoms in total. The number of aromatic nitrogens is 3. The van der Waals surface area contributed by atoms with Gasteiger partial charge in [-0.1, -0.05) is 91.0 Å². The Kier molecular flexibility index (Phi) is 5.67. The fourth-order valence-corrected chi connectivity index (χ4v) is 8.15. The average molecular weight is 651 g/mol. The van der Waals surface area contributed by atoms with Crippen LogP contribution in [0.4, 0.5) is 0 Å². The van der Waals surface area contributed by atoms with Crippen LogP contribution >= 0.6 is 0 Å². The van der Waals surface area contributed by atoms with E-state index in [0.29, 0.717) is 5.56 Å². The maximum atomic E-state index is 9.78. The predicted octanol–water partition coefficient (Wildman–Crippen LogP) is 11.8. The van der Waals surface area contributed by atoms with Crippen molar-refractivity contribution in [3.8, 4) is 34.0 Å². The molecule has 7 aromatic carbocycles. The molecule has 0 saturated heterocycles. The minimum atomic E-state index is 0.644. The summed E-state index contributed by atoms with van der Waals surface area (Å²) in [5, 5.41) is 17.8. The number of para-hydroxylation sites is 2. The van der Waals surface area contributed by atoms with E-state index in [1.165, 1.54) is 32.7 Å². The quantitative estimate of drug-likeness (QED) is 0.179. The molecule has 4 heterocycles. The van der Waals surface area contributed by atoms with Crippen LogP contribution in [0.5, 0.6) is 0 Å². The maximum Gasteiger partial charge on any atom is 0.232 e. The molecule has 51 heavy (non-hydrogen) atoms. The highest BCUT2D eigenvalue weighted by molar-refractivity contribution is 6.22. The first kappa shape index (κ1) is 27.8. The monoisotopic (exact) mass is 650 g/mol. The molecule has 0 bridgehead atoms. The van der Waals surface area contributed by atoms with E-state index in [0.717, 1.165) is 66.5 Å². The Bertz CT molecular complexity index is 3210. The first-order valence-corrected chi connectivity index (χ1v) is 17.0. The number of fused-ring (bicyclic) bond motifs is 10. The van der Waals surface area contributed by atoms with E-state index < -0.39 is 0 Å². The van der Waals surface area contributed by atoms with Crippen LogP contribution < -0.4 is 0 Å². The van der Waals surface area contributed by atoms with Gasteiger partial charge in [0.25, 0.3) is 0 Å². The summed E-state index contributed by atoms with van der Waals surface area (Å²) in [6.45, 7) is 0. The lowest BCUT2D eigenvalue weighted by atomic mass is 9.86. The number of nitriles is 1. The largest absolute Gasteiger partial charge is 0.437 e. The first-order chi connectivity index (χ1) is 25.2. The molecule has 0 saturated carbocycles. The molecule has 0 fully saturated rings. The molecule has 0 aliphatic rings. The van der Waals surface area contributed by atoms with Crippen molar-refractivity contribution in [2.45, 2.75) is 0 Å². The lowest BCUT2D eigenvalue weighted by Crippen LogP contribution is -1.94. The van der Waals surface area contributed by atoms with E-state index in [9.17, 15) is 5.26 Å². The number of hydrogen-bond acceptors (Lipinski definition) is 3. The van der Waals surface area contributed by atoms with Crippen LogP contribution in [0, 0.1) is 11.3 Å². The Morgan fingerprint density at radius 3 is 1.90 bits per heavy atom. The summed E-state index contributed by atoms with van der Waals surface area (Å²) in [6.07, 6.45) is 2.17. The maximum absolute atomic E-state index is 9.78. The minimum absolute atomic E-state index is 0.644. The lowest BCUT2D eigenvalue weighted by Gasteiger charge is -2.18. The van der Waals surface area contributed by atoms with Crippen molar-refractivity contribution in [1.82, 2.24) is 14.0 Å². The molecule has 0 aliphatic carbocycles. The Hall–Kier alpha value is -7.16. The zero-order valence-corrected chi connectivity index (χ0v) is 27.2. The highest BCUT2D eigenvalue weighted by atomic mass is 16.3. The van der Waals surface area contributed by atoms with Gasteiger partial charge in [-0.25, -0.2) is 4.98 Å². The minimum Gasteiger partial charge on any atom is -0.437 e. The van der Waals surface area contributed by atoms with Crippen LogP contribution in [0.2, 0.25) is 0 Å². The smallest absolute Gasteiger partial charge is 0.232 e. The second-order valence-electron chi connectivity index (χ2n) is 13.1. The number of nitrogens with zero attached hydrogens (tertiary/aromatic N) is 4. The molecule has 11 rings (SSSR count). The Labute approximate surface area is 291 Å². The Balaban J connectivity index is 1.19. The van der Waals surface area contributed by atoms with Gasteiger partial charge in [-0.2, -0.15) is 5.26 Å². The van der Waals surface area contributed by atoms with Gasteiger partial charge in [0.2, 0.25) is 5.71 Å². The molecule has 0 unspecified atom stereocenters. The molecule has 0 radical (unpaired) electrons. The van der Waals surface area contributed by atoms with E-state index in [1.807, 2.05) is 36.4 Å². The second-order valence-corrected chi connectivity index (χ2v) is 13.1. The Morgan fingerprint density at radius 2 is 1.18 bits per heavy atom. The third-order valence-electron chi connectivity index (χ3n) is 10.3. The number of hydrogen-bond donors (Lipinski definition) is 0. The summed E-state index contributed by atoms with van der Waals surface area (Å²) in [7, 11) is 0. The van der Waals surface area contributed by atoms with Crippen molar-refractivity contribution in [1.29, 1.82) is 5.26 Å². The Morgan fingerprint density at radius 1 is 0.529 bits per heavy atom. The van der Waals surface area contributed by atoms with Crippen LogP contribution in [0.3, 0.4) is 0 Å². The van der Waals surface area contributed by atoms with Gasteiger partial charge >= 0.3 is 0 Å². The van der Waals surface area contributed by atoms with Gasteiger partial charge in [-0.05, 0) is 104 Å². The fraction of sp³-hybridized carbons (Fsp3) is 0. The standard InChI is InChI=1S/C46H26N4O/c47-26-28-18-21-32-38-25-29(19-22-39(38)50(40(32)24-28)31-10-2-1-3-11-31)43-33-12-4-6-14-35(33)44(36-15-7-5-13-34(36)43)30-20-23-42-48-45-37-16-8-9-17-41(37)51-46(45)49(42)27-30/h1-25,27H. The fourth-order valence-electron chi connectivity index (χ4n) is 8.15. The lowest BCUT2D eigenvalue weighted by molar-refractivity contribution is 0.649. The van der Waals surface area contributed by atoms with Gasteiger partial charge in [0, 0.05) is 28.0 Å². The van der Waals surface area contributed by atoms with Crippen molar-refractivity contribution in [3.63, 3.8) is 0 Å². The van der Waals surface area contributed by atoms with E-state index in [1.54, 1.807) is 0 Å². The molecule has 0 atom stereocenters. The van der Waals surface area contributed by atoms with E-state index in [4.69, 9.17) is 9.40 Å². The number of imidazole rings is 1. The first-order valence-electron chi connectivity index (χ1n) is 17.0. The number of rotatable bonds is 3. The van der Waals surface area contributed by atoms with Crippen molar-refractivity contribution in [2.24, 2.45) is 0 Å². The third kappa shape index (κ3) is 3.93. The van der Waals surface area contributed by atoms with Gasteiger partial charge in [-0.3, -0.25) is 4.40 Å². The van der Waals surface area contributed by atoms with Crippen LogP contribution in [0.25, 0.3) is 99.1 Å². The predicted molar refractivity (Wildman–Crippen MR) is 207 cm³/mol. The zero-order chi connectivity index (χ0) is 33.6. The molecule has 0 aliphatic heterocycles. The van der Waals surface area contributed by atoms with E-state index in [2.05, 4.69) is 136 Å². The average Bonchev–Trinajstić information content (AvgIpc) is 3.84. The number of benzene rings is 7. The third-order valence-corrected chi connectivity index (χ3v) is 10.3. The number of furan rings is 1. The molecular weight excluding hydrogens is 625 g/mol. The molecule has 236 valence electrons. The summed E-state index contributed by atoms with van der Waals surface area (Å²) in [5.41, 5.74) is 11.8. The van der Waals surface area contributed by atoms with Crippen molar-refractivity contribution < 1.29 is 4.42 Å². The molecule has 4 aromatic heterocycles. The summed E-state index contributed by atoms with van der Waals surface area (Å²) in [5.74, 6) is 0. The SMILES string of the molecule is N#Cc1ccc2c3cc(-c4c5ccccc5c(-c5ccc6nc7c8ccccc8oc7n6c5)c5ccccc45)ccc3n(-c3ccccc3)c2c1. The highest BCUT2D eigenvalue weighted by Crippen LogP contribution is 2.45. The summed E-state index contributed by atoms with van der Waals surface area (Å²) in [4.78, 5) is 4.95. The topological polar surface area (TPSA) is 59.2 Å². The molecule has 11 aromatic rings. The summed E-state index contributed by atoms with van der Waals surface area (Å²) in [6, 6.07) is 55.3. The van der Waals surface area contributed by atoms with Gasteiger partial charge in [-0.15, -0.1) is 0 Å². The molecule has 0 N–H and O–H groups in total. The van der Waals surface area contributed by atoms with Gasteiger partial charge in [0.15, 0.2) is 0 Å². The van der Waals surface area contributed by atoms with Crippen LogP contribution in [-0.2, 0) is 0 Å². The van der Waals surface area contributed by atoms with Crippen molar-refractivity contribution in [3.05, 3.63) is 163 Å². The van der Waals surface area contributed by atoms with Crippen LogP contribution in [0.15, 0.2) is 162 Å². The van der Waals surface area contributed by atoms with Gasteiger partial charge in [0.1, 0.15) is 16.7 Å². The van der Waals surface area contributed by atoms with Crippen molar-refractivity contribution in [2.75, 3.05) is 0 Å². The summed E-state index contributed by atoms with van der Waals surface area (Å²) < 4.78 is 10.7. The van der Waals surface area contributed by atoms with Gasteiger partial charge in [0.05, 0.1) is 22.7 Å². The second kappa shape index (κ2) is 10.4. The summed E-state index contributed by atoms with van der Waals surface area (Å²) >= 11 is 0. The normalized spacial score (nSPS) is 11.9.